The number of nitrogens with one attached hydrogen (secondary N) is 1. The molecule has 1 heterocycles. The second-order valence-electron chi connectivity index (χ2n) is 8.21. The molecule has 0 unspecified atom stereocenters. The van der Waals surface area contributed by atoms with Gasteiger partial charge < -0.3 is 14.8 Å². The van der Waals surface area contributed by atoms with Crippen LogP contribution in [0, 0.1) is 6.92 Å². The second kappa shape index (κ2) is 10.9. The van der Waals surface area contributed by atoms with Gasteiger partial charge >= 0.3 is 0 Å². The van der Waals surface area contributed by atoms with Crippen molar-refractivity contribution in [2.75, 3.05) is 12.9 Å². The molecule has 0 spiro atoms. The van der Waals surface area contributed by atoms with Crippen LogP contribution in [0.5, 0.6) is 11.5 Å². The first-order valence-corrected chi connectivity index (χ1v) is 12.0. The van der Waals surface area contributed by atoms with E-state index >= 15 is 0 Å². The van der Waals surface area contributed by atoms with Crippen molar-refractivity contribution in [3.05, 3.63) is 58.9 Å². The van der Waals surface area contributed by atoms with Gasteiger partial charge in [0.25, 0.3) is 0 Å². The lowest BCUT2D eigenvalue weighted by atomic mass is 10.0. The Hall–Kier alpha value is -2.71. The highest BCUT2D eigenvalue weighted by Gasteiger charge is 2.20. The van der Waals surface area contributed by atoms with E-state index in [-0.39, 0.29) is 23.8 Å². The number of hydrogen-bond acceptors (Lipinski definition) is 6. The number of rotatable bonds is 10. The predicted molar refractivity (Wildman–Crippen MR) is 132 cm³/mol. The molecule has 0 saturated carbocycles. The van der Waals surface area contributed by atoms with E-state index in [0.29, 0.717) is 21.8 Å². The van der Waals surface area contributed by atoms with E-state index in [1.54, 1.807) is 7.11 Å². The number of thioether (sulfide) groups is 1. The van der Waals surface area contributed by atoms with Crippen LogP contribution in [0.1, 0.15) is 38.6 Å². The van der Waals surface area contributed by atoms with Crippen LogP contribution in [0.4, 0.5) is 0 Å². The van der Waals surface area contributed by atoms with Gasteiger partial charge in [-0.15, -0.1) is 10.2 Å². The molecule has 1 aromatic heterocycles. The Morgan fingerprint density at radius 1 is 1.15 bits per heavy atom. The number of hydrogen-bond donors (Lipinski definition) is 1. The van der Waals surface area contributed by atoms with Crippen molar-refractivity contribution in [1.29, 1.82) is 0 Å². The number of methoxy groups -OCH3 is 1. The normalized spacial score (nSPS) is 11.3. The summed E-state index contributed by atoms with van der Waals surface area (Å²) in [6.45, 7) is 8.18. The topological polar surface area (TPSA) is 78.3 Å². The number of aromatic nitrogens is 3. The standard InChI is InChI=1S/C24H29ClN4O3S/c1-6-24(3,4)26-22(30)15-33-23-28-27-21(14-32-19-11-9-18(31-5)10-12-19)29(23)17-8-7-16(2)20(25)13-17/h7-13H,6,14-15H2,1-5H3,(H,26,30). The van der Waals surface area contributed by atoms with E-state index in [4.69, 9.17) is 21.1 Å². The number of aryl methyl sites for hydroxylation is 1. The molecule has 33 heavy (non-hydrogen) atoms. The van der Waals surface area contributed by atoms with Crippen LogP contribution < -0.4 is 14.8 Å². The van der Waals surface area contributed by atoms with Crippen molar-refractivity contribution in [2.45, 2.75) is 51.4 Å². The first-order valence-electron chi connectivity index (χ1n) is 10.6. The molecule has 0 aliphatic rings. The molecule has 0 saturated heterocycles. The molecular weight excluding hydrogens is 460 g/mol. The molecule has 3 aromatic rings. The van der Waals surface area contributed by atoms with Gasteiger partial charge in [-0.05, 0) is 69.2 Å². The van der Waals surface area contributed by atoms with E-state index < -0.39 is 0 Å². The third-order valence-electron chi connectivity index (χ3n) is 5.24. The number of ether oxygens (including phenoxy) is 2. The molecule has 0 aliphatic heterocycles. The van der Waals surface area contributed by atoms with Crippen molar-refractivity contribution in [3.8, 4) is 17.2 Å². The highest BCUT2D eigenvalue weighted by Crippen LogP contribution is 2.27. The number of benzene rings is 2. The van der Waals surface area contributed by atoms with E-state index in [9.17, 15) is 4.79 Å². The minimum Gasteiger partial charge on any atom is -0.497 e. The average molecular weight is 489 g/mol. The van der Waals surface area contributed by atoms with E-state index in [0.717, 1.165) is 23.4 Å². The zero-order chi connectivity index (χ0) is 24.0. The lowest BCUT2D eigenvalue weighted by molar-refractivity contribution is -0.120. The molecule has 7 nitrogen and oxygen atoms in total. The Morgan fingerprint density at radius 3 is 2.48 bits per heavy atom. The van der Waals surface area contributed by atoms with Crippen LogP contribution in [0.25, 0.3) is 5.69 Å². The van der Waals surface area contributed by atoms with Gasteiger partial charge in [0.2, 0.25) is 5.91 Å². The van der Waals surface area contributed by atoms with Gasteiger partial charge in [-0.1, -0.05) is 36.4 Å². The van der Waals surface area contributed by atoms with Crippen molar-refractivity contribution >= 4 is 29.3 Å². The highest BCUT2D eigenvalue weighted by molar-refractivity contribution is 7.99. The maximum Gasteiger partial charge on any atom is 0.230 e. The number of nitrogens with zero attached hydrogens (tertiary/aromatic N) is 3. The molecule has 0 aliphatic carbocycles. The van der Waals surface area contributed by atoms with Crippen molar-refractivity contribution in [3.63, 3.8) is 0 Å². The van der Waals surface area contributed by atoms with Gasteiger partial charge in [0.1, 0.15) is 18.1 Å². The number of halogens is 1. The average Bonchev–Trinajstić information content (AvgIpc) is 3.21. The van der Waals surface area contributed by atoms with Gasteiger partial charge in [-0.2, -0.15) is 0 Å². The Labute approximate surface area is 203 Å². The number of carbonyl (C=O) groups is 1. The van der Waals surface area contributed by atoms with Crippen molar-refractivity contribution in [2.24, 2.45) is 0 Å². The Kier molecular flexibility index (Phi) is 8.26. The summed E-state index contributed by atoms with van der Waals surface area (Å²) in [5, 5.41) is 12.9. The van der Waals surface area contributed by atoms with Crippen LogP contribution in [-0.4, -0.2) is 39.1 Å². The number of carbonyl (C=O) groups excluding carboxylic acids is 1. The maximum atomic E-state index is 12.5. The van der Waals surface area contributed by atoms with Gasteiger partial charge in [-0.25, -0.2) is 0 Å². The molecule has 3 rings (SSSR count). The van der Waals surface area contributed by atoms with Gasteiger partial charge in [0.05, 0.1) is 18.6 Å². The van der Waals surface area contributed by atoms with E-state index in [1.807, 2.05) is 74.7 Å². The molecule has 0 bridgehead atoms. The molecule has 0 fully saturated rings. The molecule has 0 atom stereocenters. The molecule has 1 N–H and O–H groups in total. The third kappa shape index (κ3) is 6.65. The smallest absolute Gasteiger partial charge is 0.230 e. The minimum atomic E-state index is -0.257. The monoisotopic (exact) mass is 488 g/mol. The molecule has 9 heteroatoms. The zero-order valence-corrected chi connectivity index (χ0v) is 21.1. The van der Waals surface area contributed by atoms with Crippen molar-refractivity contribution < 1.29 is 14.3 Å². The minimum absolute atomic E-state index is 0.0561. The summed E-state index contributed by atoms with van der Waals surface area (Å²) in [4.78, 5) is 12.5. The van der Waals surface area contributed by atoms with E-state index in [1.165, 1.54) is 11.8 Å². The summed E-state index contributed by atoms with van der Waals surface area (Å²) in [5.74, 6) is 2.20. The second-order valence-corrected chi connectivity index (χ2v) is 9.56. The summed E-state index contributed by atoms with van der Waals surface area (Å²) in [6.07, 6.45) is 0.842. The summed E-state index contributed by atoms with van der Waals surface area (Å²) < 4.78 is 13.0. The first kappa shape index (κ1) is 24.9. The Balaban J connectivity index is 1.82. The zero-order valence-electron chi connectivity index (χ0n) is 19.5. The van der Waals surface area contributed by atoms with Crippen LogP contribution in [0.3, 0.4) is 0 Å². The van der Waals surface area contributed by atoms with E-state index in [2.05, 4.69) is 15.5 Å². The lowest BCUT2D eigenvalue weighted by Gasteiger charge is -2.24. The summed E-state index contributed by atoms with van der Waals surface area (Å²) in [7, 11) is 1.62. The fourth-order valence-corrected chi connectivity index (χ4v) is 3.86. The van der Waals surface area contributed by atoms with Crippen LogP contribution in [0.15, 0.2) is 47.6 Å². The molecule has 176 valence electrons. The van der Waals surface area contributed by atoms with Crippen LogP contribution >= 0.6 is 23.4 Å². The molecule has 1 amide bonds. The molecular formula is C24H29ClN4O3S. The SMILES string of the molecule is CCC(C)(C)NC(=O)CSc1nnc(COc2ccc(OC)cc2)n1-c1ccc(C)c(Cl)c1. The molecule has 2 aromatic carbocycles. The summed E-state index contributed by atoms with van der Waals surface area (Å²) in [5.41, 5.74) is 1.52. The summed E-state index contributed by atoms with van der Waals surface area (Å²) >= 11 is 7.71. The van der Waals surface area contributed by atoms with Crippen LogP contribution in [0.2, 0.25) is 5.02 Å². The Bertz CT molecular complexity index is 1100. The number of amides is 1. The fraction of sp³-hybridized carbons (Fsp3) is 0.375. The largest absolute Gasteiger partial charge is 0.497 e. The first-order chi connectivity index (χ1) is 15.7. The maximum absolute atomic E-state index is 12.5. The third-order valence-corrected chi connectivity index (χ3v) is 6.57. The highest BCUT2D eigenvalue weighted by atomic mass is 35.5. The van der Waals surface area contributed by atoms with Gasteiger partial charge in [0, 0.05) is 10.6 Å². The van der Waals surface area contributed by atoms with Gasteiger partial charge in [-0.3, -0.25) is 9.36 Å². The van der Waals surface area contributed by atoms with Gasteiger partial charge in [0.15, 0.2) is 11.0 Å². The summed E-state index contributed by atoms with van der Waals surface area (Å²) in [6, 6.07) is 13.1. The van der Waals surface area contributed by atoms with Crippen LogP contribution in [-0.2, 0) is 11.4 Å². The molecule has 0 radical (unpaired) electrons. The van der Waals surface area contributed by atoms with Crippen molar-refractivity contribution in [1.82, 2.24) is 20.1 Å². The Morgan fingerprint density at radius 2 is 1.85 bits per heavy atom. The lowest BCUT2D eigenvalue weighted by Crippen LogP contribution is -2.43. The predicted octanol–water partition coefficient (Wildman–Crippen LogP) is 5.21. The fourth-order valence-electron chi connectivity index (χ4n) is 2.92. The quantitative estimate of drug-likeness (QED) is 0.394.